The molecule has 0 aliphatic carbocycles. The first-order valence-electron chi connectivity index (χ1n) is 4.58. The van der Waals surface area contributed by atoms with Gasteiger partial charge in [0.1, 0.15) is 15.0 Å². The van der Waals surface area contributed by atoms with Gasteiger partial charge in [0.2, 0.25) is 0 Å². The number of halogens is 1. The van der Waals surface area contributed by atoms with Gasteiger partial charge in [0, 0.05) is 24.2 Å². The summed E-state index contributed by atoms with van der Waals surface area (Å²) in [5, 5.41) is 16.1. The predicted molar refractivity (Wildman–Crippen MR) is 65.1 cm³/mol. The minimum Gasteiger partial charge on any atom is -0.275 e. The van der Waals surface area contributed by atoms with Crippen LogP contribution in [0.4, 0.5) is 0 Å². The summed E-state index contributed by atoms with van der Waals surface area (Å²) in [6.07, 6.45) is 3.55. The molecule has 1 unspecified atom stereocenters. The van der Waals surface area contributed by atoms with E-state index in [4.69, 9.17) is 0 Å². The fourth-order valence-corrected chi connectivity index (χ4v) is 2.79. The molecule has 16 heavy (non-hydrogen) atoms. The molecule has 0 saturated carbocycles. The van der Waals surface area contributed by atoms with Gasteiger partial charge in [0.25, 0.3) is 0 Å². The van der Waals surface area contributed by atoms with Crippen molar-refractivity contribution in [3.8, 4) is 6.07 Å². The SMILES string of the molecule is Cn1cc(C(C)(C#N)c2nc(Br)cs2)cn1. The summed E-state index contributed by atoms with van der Waals surface area (Å²) in [5.74, 6) is 0. The molecule has 0 fully saturated rings. The number of hydrogen-bond acceptors (Lipinski definition) is 4. The summed E-state index contributed by atoms with van der Waals surface area (Å²) >= 11 is 4.77. The Hall–Kier alpha value is -1.19. The van der Waals surface area contributed by atoms with E-state index in [9.17, 15) is 5.26 Å². The van der Waals surface area contributed by atoms with Gasteiger partial charge in [-0.05, 0) is 22.9 Å². The number of aromatic nitrogens is 3. The second-order valence-electron chi connectivity index (χ2n) is 3.61. The highest BCUT2D eigenvalue weighted by molar-refractivity contribution is 9.10. The van der Waals surface area contributed by atoms with Crippen molar-refractivity contribution in [3.63, 3.8) is 0 Å². The van der Waals surface area contributed by atoms with E-state index in [0.29, 0.717) is 0 Å². The molecule has 2 aromatic heterocycles. The molecule has 82 valence electrons. The second-order valence-corrected chi connectivity index (χ2v) is 5.29. The largest absolute Gasteiger partial charge is 0.275 e. The van der Waals surface area contributed by atoms with Gasteiger partial charge in [-0.25, -0.2) is 4.98 Å². The molecule has 0 spiro atoms. The first-order valence-corrected chi connectivity index (χ1v) is 6.25. The number of nitriles is 1. The number of aryl methyl sites for hydroxylation is 1. The maximum atomic E-state index is 9.37. The minimum atomic E-state index is -0.731. The van der Waals surface area contributed by atoms with E-state index < -0.39 is 5.41 Å². The third-order valence-electron chi connectivity index (χ3n) is 2.41. The lowest BCUT2D eigenvalue weighted by Gasteiger charge is -2.16. The van der Waals surface area contributed by atoms with E-state index in [1.165, 1.54) is 11.3 Å². The van der Waals surface area contributed by atoms with Gasteiger partial charge in [0.15, 0.2) is 0 Å². The zero-order valence-corrected chi connectivity index (χ0v) is 11.2. The van der Waals surface area contributed by atoms with E-state index in [1.54, 1.807) is 10.9 Å². The molecule has 0 saturated heterocycles. The van der Waals surface area contributed by atoms with Gasteiger partial charge in [-0.15, -0.1) is 11.3 Å². The Morgan fingerprint density at radius 2 is 2.38 bits per heavy atom. The van der Waals surface area contributed by atoms with Crippen molar-refractivity contribution in [2.45, 2.75) is 12.3 Å². The highest BCUT2D eigenvalue weighted by Crippen LogP contribution is 2.34. The molecule has 0 aliphatic heterocycles. The second kappa shape index (κ2) is 4.00. The Balaban J connectivity index is 2.52. The van der Waals surface area contributed by atoms with Crippen LogP contribution in [0, 0.1) is 11.3 Å². The fraction of sp³-hybridized carbons (Fsp3) is 0.300. The Kier molecular flexibility index (Phi) is 2.82. The lowest BCUT2D eigenvalue weighted by atomic mass is 9.87. The van der Waals surface area contributed by atoms with Crippen LogP contribution in [0.1, 0.15) is 17.5 Å². The van der Waals surface area contributed by atoms with E-state index in [2.05, 4.69) is 32.1 Å². The van der Waals surface area contributed by atoms with Crippen LogP contribution >= 0.6 is 27.3 Å². The minimum absolute atomic E-state index is 0.731. The van der Waals surface area contributed by atoms with Gasteiger partial charge in [0.05, 0.1) is 12.3 Å². The Morgan fingerprint density at radius 1 is 1.62 bits per heavy atom. The van der Waals surface area contributed by atoms with Crippen LogP contribution in [0.3, 0.4) is 0 Å². The van der Waals surface area contributed by atoms with Gasteiger partial charge < -0.3 is 0 Å². The molecular weight excluding hydrogens is 288 g/mol. The van der Waals surface area contributed by atoms with Crippen molar-refractivity contribution in [1.29, 1.82) is 5.26 Å². The molecule has 2 aromatic rings. The summed E-state index contributed by atoms with van der Waals surface area (Å²) in [7, 11) is 1.83. The van der Waals surface area contributed by atoms with E-state index >= 15 is 0 Å². The van der Waals surface area contributed by atoms with Crippen LogP contribution in [0.2, 0.25) is 0 Å². The van der Waals surface area contributed by atoms with Crippen LogP contribution in [0.15, 0.2) is 22.4 Å². The monoisotopic (exact) mass is 296 g/mol. The van der Waals surface area contributed by atoms with Crippen LogP contribution in [0.5, 0.6) is 0 Å². The number of rotatable bonds is 2. The lowest BCUT2D eigenvalue weighted by molar-refractivity contribution is 0.724. The average molecular weight is 297 g/mol. The molecule has 2 rings (SSSR count). The van der Waals surface area contributed by atoms with Crippen molar-refractivity contribution in [1.82, 2.24) is 14.8 Å². The maximum absolute atomic E-state index is 9.37. The Bertz CT molecular complexity index is 511. The molecule has 0 amide bonds. The Morgan fingerprint density at radius 3 is 2.81 bits per heavy atom. The number of nitrogens with zero attached hydrogens (tertiary/aromatic N) is 4. The molecule has 2 heterocycles. The summed E-state index contributed by atoms with van der Waals surface area (Å²) in [6.45, 7) is 1.86. The van der Waals surface area contributed by atoms with Crippen LogP contribution in [-0.2, 0) is 12.5 Å². The normalized spacial score (nSPS) is 14.4. The third-order valence-corrected chi connectivity index (χ3v) is 4.18. The van der Waals surface area contributed by atoms with Crippen LogP contribution in [-0.4, -0.2) is 14.8 Å². The zero-order chi connectivity index (χ0) is 11.8. The standard InChI is InChI=1S/C10H9BrN4S/c1-10(6-12,7-3-13-15(2)4-7)9-14-8(11)5-16-9/h3-5H,1-2H3. The quantitative estimate of drug-likeness (QED) is 0.855. The zero-order valence-electron chi connectivity index (χ0n) is 8.81. The van der Waals surface area contributed by atoms with Gasteiger partial charge in [-0.1, -0.05) is 0 Å². The topological polar surface area (TPSA) is 54.5 Å². The molecular formula is C10H9BrN4S. The van der Waals surface area contributed by atoms with Crippen molar-refractivity contribution < 1.29 is 0 Å². The average Bonchev–Trinajstić information content (AvgIpc) is 2.86. The molecule has 0 aromatic carbocycles. The highest BCUT2D eigenvalue weighted by Gasteiger charge is 2.33. The van der Waals surface area contributed by atoms with E-state index in [-0.39, 0.29) is 0 Å². The molecule has 0 N–H and O–H groups in total. The predicted octanol–water partition coefficient (Wildman–Crippen LogP) is 2.47. The number of thiazole rings is 1. The van der Waals surface area contributed by atoms with Crippen LogP contribution < -0.4 is 0 Å². The smallest absolute Gasteiger partial charge is 0.134 e. The molecule has 4 nitrogen and oxygen atoms in total. The molecule has 0 aliphatic rings. The Labute approximate surface area is 106 Å². The fourth-order valence-electron chi connectivity index (χ4n) is 1.40. The first kappa shape index (κ1) is 11.3. The molecule has 6 heteroatoms. The van der Waals surface area contributed by atoms with Crippen molar-refractivity contribution in [3.05, 3.63) is 32.9 Å². The molecule has 0 radical (unpaired) electrons. The highest BCUT2D eigenvalue weighted by atomic mass is 79.9. The first-order chi connectivity index (χ1) is 7.56. The van der Waals surface area contributed by atoms with Gasteiger partial charge >= 0.3 is 0 Å². The summed E-state index contributed by atoms with van der Waals surface area (Å²) in [5.41, 5.74) is 0.129. The third kappa shape index (κ3) is 1.77. The van der Waals surface area contributed by atoms with Crippen molar-refractivity contribution in [2.75, 3.05) is 0 Å². The van der Waals surface area contributed by atoms with E-state index in [0.717, 1.165) is 15.2 Å². The maximum Gasteiger partial charge on any atom is 0.134 e. The summed E-state index contributed by atoms with van der Waals surface area (Å²) in [6, 6.07) is 2.31. The van der Waals surface area contributed by atoms with Gasteiger partial charge in [-0.3, -0.25) is 4.68 Å². The summed E-state index contributed by atoms with van der Waals surface area (Å²) in [4.78, 5) is 4.31. The summed E-state index contributed by atoms with van der Waals surface area (Å²) < 4.78 is 2.45. The van der Waals surface area contributed by atoms with Crippen LogP contribution in [0.25, 0.3) is 0 Å². The van der Waals surface area contributed by atoms with E-state index in [1.807, 2.05) is 25.5 Å². The molecule has 1 atom stereocenters. The van der Waals surface area contributed by atoms with Crippen molar-refractivity contribution >= 4 is 27.3 Å². The van der Waals surface area contributed by atoms with Crippen molar-refractivity contribution in [2.24, 2.45) is 7.05 Å². The lowest BCUT2D eigenvalue weighted by Crippen LogP contribution is -2.20. The molecule has 0 bridgehead atoms. The number of hydrogen-bond donors (Lipinski definition) is 0. The van der Waals surface area contributed by atoms with Gasteiger partial charge in [-0.2, -0.15) is 10.4 Å².